The number of fused-ring (bicyclic) bond motifs is 1. The van der Waals surface area contributed by atoms with E-state index < -0.39 is 0 Å². The first kappa shape index (κ1) is 16.8. The minimum atomic E-state index is 0.550. The van der Waals surface area contributed by atoms with Crippen molar-refractivity contribution in [2.75, 3.05) is 19.5 Å². The van der Waals surface area contributed by atoms with Crippen molar-refractivity contribution in [3.8, 4) is 23.0 Å². The van der Waals surface area contributed by atoms with Gasteiger partial charge in [0.15, 0.2) is 11.3 Å². The van der Waals surface area contributed by atoms with Crippen LogP contribution in [0.25, 0.3) is 17.0 Å². The quantitative estimate of drug-likeness (QED) is 0.567. The number of nitrogens with one attached hydrogen (secondary N) is 1. The maximum Gasteiger partial charge on any atom is 0.245 e. The van der Waals surface area contributed by atoms with E-state index in [1.807, 2.05) is 54.6 Å². The zero-order valence-corrected chi connectivity index (χ0v) is 15.1. The number of pyridine rings is 1. The summed E-state index contributed by atoms with van der Waals surface area (Å²) in [7, 11) is 3.26. The van der Waals surface area contributed by atoms with Gasteiger partial charge in [-0.2, -0.15) is 4.52 Å². The Morgan fingerprint density at radius 2 is 1.93 bits per heavy atom. The molecule has 0 saturated carbocycles. The topological polar surface area (TPSA) is 73.6 Å². The fourth-order valence-electron chi connectivity index (χ4n) is 2.84. The number of hydrogen-bond donors (Lipinski definition) is 1. The molecule has 0 spiro atoms. The van der Waals surface area contributed by atoms with Gasteiger partial charge in [0.05, 0.1) is 19.9 Å². The van der Waals surface area contributed by atoms with Crippen molar-refractivity contribution >= 4 is 11.5 Å². The van der Waals surface area contributed by atoms with Crippen molar-refractivity contribution in [1.29, 1.82) is 0 Å². The number of imidazole rings is 1. The van der Waals surface area contributed by atoms with Gasteiger partial charge in [0.25, 0.3) is 0 Å². The number of nitrogens with zero attached hydrogens (tertiary/aromatic N) is 4. The molecule has 0 saturated heterocycles. The van der Waals surface area contributed by atoms with E-state index in [0.717, 1.165) is 17.0 Å². The molecule has 0 aliphatic rings. The van der Waals surface area contributed by atoms with Crippen LogP contribution in [0.1, 0.15) is 5.56 Å². The standard InChI is InChI=1S/C20H19N5O2/c1-26-15-7-5-6-14(12-15)13-22-17-9-10-18-23-19(16-8-3-4-11-21-16)20(27-2)25(18)24-17/h3-12H,13H2,1-2H3,(H,22,24). The Bertz CT molecular complexity index is 1060. The van der Waals surface area contributed by atoms with E-state index in [2.05, 4.69) is 20.4 Å². The van der Waals surface area contributed by atoms with Crippen molar-refractivity contribution in [2.45, 2.75) is 6.54 Å². The number of hydrogen-bond acceptors (Lipinski definition) is 6. The third-order valence-electron chi connectivity index (χ3n) is 4.14. The van der Waals surface area contributed by atoms with Gasteiger partial charge >= 0.3 is 0 Å². The lowest BCUT2D eigenvalue weighted by atomic mass is 10.2. The number of methoxy groups -OCH3 is 2. The Balaban J connectivity index is 1.63. The first-order valence-electron chi connectivity index (χ1n) is 8.50. The molecular weight excluding hydrogens is 342 g/mol. The number of aromatic nitrogens is 4. The lowest BCUT2D eigenvalue weighted by Crippen LogP contribution is -2.05. The molecule has 7 heteroatoms. The normalized spacial score (nSPS) is 10.7. The smallest absolute Gasteiger partial charge is 0.245 e. The zero-order valence-electron chi connectivity index (χ0n) is 15.1. The second kappa shape index (κ2) is 7.33. The molecule has 0 amide bonds. The first-order chi connectivity index (χ1) is 13.3. The summed E-state index contributed by atoms with van der Waals surface area (Å²) in [4.78, 5) is 8.96. The average molecular weight is 361 g/mol. The van der Waals surface area contributed by atoms with E-state index in [1.165, 1.54) is 0 Å². The lowest BCUT2D eigenvalue weighted by Gasteiger charge is -2.08. The molecule has 1 aromatic carbocycles. The molecule has 4 rings (SSSR count). The van der Waals surface area contributed by atoms with E-state index in [4.69, 9.17) is 9.47 Å². The summed E-state index contributed by atoms with van der Waals surface area (Å²) in [6.45, 7) is 0.625. The van der Waals surface area contributed by atoms with Crippen LogP contribution < -0.4 is 14.8 Å². The van der Waals surface area contributed by atoms with Crippen LogP contribution in [-0.2, 0) is 6.54 Å². The molecular formula is C20H19N5O2. The van der Waals surface area contributed by atoms with E-state index in [0.29, 0.717) is 29.6 Å². The fraction of sp³-hybridized carbons (Fsp3) is 0.150. The number of rotatable bonds is 6. The molecule has 1 N–H and O–H groups in total. The summed E-state index contributed by atoms with van der Waals surface area (Å²) in [5.41, 5.74) is 3.20. The Labute approximate surface area is 156 Å². The van der Waals surface area contributed by atoms with Gasteiger partial charge in [-0.1, -0.05) is 18.2 Å². The molecule has 4 aromatic rings. The van der Waals surface area contributed by atoms with Gasteiger partial charge < -0.3 is 14.8 Å². The maximum absolute atomic E-state index is 5.55. The predicted molar refractivity (Wildman–Crippen MR) is 103 cm³/mol. The van der Waals surface area contributed by atoms with E-state index in [1.54, 1.807) is 24.9 Å². The van der Waals surface area contributed by atoms with Gasteiger partial charge in [0, 0.05) is 12.7 Å². The van der Waals surface area contributed by atoms with E-state index in [-0.39, 0.29) is 0 Å². The van der Waals surface area contributed by atoms with Gasteiger partial charge in [-0.25, -0.2) is 4.98 Å². The molecule has 136 valence electrons. The molecule has 7 nitrogen and oxygen atoms in total. The third-order valence-corrected chi connectivity index (χ3v) is 4.14. The molecule has 0 aliphatic heterocycles. The summed E-state index contributed by atoms with van der Waals surface area (Å²) < 4.78 is 12.5. The summed E-state index contributed by atoms with van der Waals surface area (Å²) >= 11 is 0. The maximum atomic E-state index is 5.55. The SMILES string of the molecule is COc1cccc(CNc2ccc3nc(-c4ccccn4)c(OC)n3n2)c1. The molecule has 0 unspecified atom stereocenters. The van der Waals surface area contributed by atoms with Gasteiger partial charge in [-0.3, -0.25) is 4.98 Å². The highest BCUT2D eigenvalue weighted by atomic mass is 16.5. The molecule has 0 bridgehead atoms. The summed E-state index contributed by atoms with van der Waals surface area (Å²) in [6.07, 6.45) is 1.73. The number of benzene rings is 1. The summed E-state index contributed by atoms with van der Waals surface area (Å²) in [5, 5.41) is 7.93. The van der Waals surface area contributed by atoms with Crippen LogP contribution in [0.4, 0.5) is 5.82 Å². The Morgan fingerprint density at radius 3 is 2.70 bits per heavy atom. The van der Waals surface area contributed by atoms with Gasteiger partial charge in [-0.15, -0.1) is 5.10 Å². The Kier molecular flexibility index (Phi) is 4.57. The lowest BCUT2D eigenvalue weighted by molar-refractivity contribution is 0.389. The minimum absolute atomic E-state index is 0.550. The highest BCUT2D eigenvalue weighted by Crippen LogP contribution is 2.28. The van der Waals surface area contributed by atoms with E-state index in [9.17, 15) is 0 Å². The minimum Gasteiger partial charge on any atom is -0.497 e. The first-order valence-corrected chi connectivity index (χ1v) is 8.50. The van der Waals surface area contributed by atoms with Gasteiger partial charge in [0.2, 0.25) is 5.88 Å². The molecule has 3 aromatic heterocycles. The van der Waals surface area contributed by atoms with Crippen LogP contribution in [0.5, 0.6) is 11.6 Å². The Morgan fingerprint density at radius 1 is 1.00 bits per heavy atom. The van der Waals surface area contributed by atoms with Crippen LogP contribution in [0.2, 0.25) is 0 Å². The third kappa shape index (κ3) is 3.39. The molecule has 0 radical (unpaired) electrons. The molecule has 27 heavy (non-hydrogen) atoms. The van der Waals surface area contributed by atoms with Crippen molar-refractivity contribution < 1.29 is 9.47 Å². The highest BCUT2D eigenvalue weighted by Gasteiger charge is 2.17. The van der Waals surface area contributed by atoms with Crippen molar-refractivity contribution in [3.63, 3.8) is 0 Å². The van der Waals surface area contributed by atoms with Gasteiger partial charge in [0.1, 0.15) is 11.6 Å². The monoisotopic (exact) mass is 361 g/mol. The molecule has 3 heterocycles. The van der Waals surface area contributed by atoms with E-state index >= 15 is 0 Å². The second-order valence-electron chi connectivity index (χ2n) is 5.88. The van der Waals surface area contributed by atoms with Crippen LogP contribution in [0, 0.1) is 0 Å². The molecule has 0 atom stereocenters. The van der Waals surface area contributed by atoms with Crippen molar-refractivity contribution in [1.82, 2.24) is 19.6 Å². The summed E-state index contributed by atoms with van der Waals surface area (Å²) in [6, 6.07) is 17.4. The highest BCUT2D eigenvalue weighted by molar-refractivity contribution is 5.66. The van der Waals surface area contributed by atoms with Gasteiger partial charge in [-0.05, 0) is 42.0 Å². The average Bonchev–Trinajstić information content (AvgIpc) is 3.11. The summed E-state index contributed by atoms with van der Waals surface area (Å²) in [5.74, 6) is 2.09. The van der Waals surface area contributed by atoms with Crippen LogP contribution in [-0.4, -0.2) is 33.8 Å². The van der Waals surface area contributed by atoms with Crippen molar-refractivity contribution in [3.05, 3.63) is 66.4 Å². The second-order valence-corrected chi connectivity index (χ2v) is 5.88. The number of ether oxygens (including phenoxy) is 2. The van der Waals surface area contributed by atoms with Crippen LogP contribution in [0.15, 0.2) is 60.8 Å². The van der Waals surface area contributed by atoms with Crippen LogP contribution >= 0.6 is 0 Å². The molecule has 0 fully saturated rings. The molecule has 0 aliphatic carbocycles. The fourth-order valence-corrected chi connectivity index (χ4v) is 2.84. The largest absolute Gasteiger partial charge is 0.497 e. The Hall–Kier alpha value is -3.61. The van der Waals surface area contributed by atoms with Crippen molar-refractivity contribution in [2.24, 2.45) is 0 Å². The number of anilines is 1. The predicted octanol–water partition coefficient (Wildman–Crippen LogP) is 3.42. The van der Waals surface area contributed by atoms with Crippen LogP contribution in [0.3, 0.4) is 0 Å². The zero-order chi connectivity index (χ0) is 18.6.